The van der Waals surface area contributed by atoms with Crippen molar-refractivity contribution in [2.75, 3.05) is 11.9 Å². The molecule has 10 heteroatoms. The van der Waals surface area contributed by atoms with Crippen molar-refractivity contribution in [2.45, 2.75) is 5.92 Å². The molecule has 1 atom stereocenters. The first-order chi connectivity index (χ1) is 15.0. The van der Waals surface area contributed by atoms with Crippen LogP contribution in [-0.2, 0) is 7.05 Å². The standard InChI is InChI=1S/C21H17Cl2FN6O/c1-30-19(5-7-27-30)29-21-25-6-4-18(28-21)13-8-16(23)20(26-10-13)14(11-31)12-2-3-15(22)17(24)9-12/h2-10,14,31H,11H2,1H3,(H,25,28,29)/t14-/m1/s1. The summed E-state index contributed by atoms with van der Waals surface area (Å²) >= 11 is 12.2. The Balaban J connectivity index is 1.63. The van der Waals surface area contributed by atoms with Crippen LogP contribution in [0.1, 0.15) is 17.2 Å². The van der Waals surface area contributed by atoms with Crippen LogP contribution < -0.4 is 5.32 Å². The fraction of sp³-hybridized carbons (Fsp3) is 0.143. The molecule has 0 spiro atoms. The largest absolute Gasteiger partial charge is 0.395 e. The minimum absolute atomic E-state index is 0.00847. The van der Waals surface area contributed by atoms with Crippen LogP contribution in [0.2, 0.25) is 10.0 Å². The van der Waals surface area contributed by atoms with E-state index in [0.717, 1.165) is 5.82 Å². The van der Waals surface area contributed by atoms with E-state index in [4.69, 9.17) is 23.2 Å². The molecule has 3 aromatic heterocycles. The average Bonchev–Trinajstić information content (AvgIpc) is 3.16. The van der Waals surface area contributed by atoms with E-state index in [1.165, 1.54) is 12.1 Å². The molecule has 4 rings (SSSR count). The summed E-state index contributed by atoms with van der Waals surface area (Å²) < 4.78 is 15.5. The van der Waals surface area contributed by atoms with Gasteiger partial charge in [-0.25, -0.2) is 14.4 Å². The second-order valence-corrected chi connectivity index (χ2v) is 7.54. The Kier molecular flexibility index (Phi) is 6.13. The van der Waals surface area contributed by atoms with Crippen molar-refractivity contribution in [3.63, 3.8) is 0 Å². The van der Waals surface area contributed by atoms with Crippen LogP contribution in [-0.4, -0.2) is 36.4 Å². The summed E-state index contributed by atoms with van der Waals surface area (Å²) in [5.41, 5.74) is 2.23. The maximum atomic E-state index is 13.9. The van der Waals surface area contributed by atoms with E-state index < -0.39 is 11.7 Å². The van der Waals surface area contributed by atoms with Gasteiger partial charge in [0.05, 0.1) is 40.2 Å². The number of hydrogen-bond donors (Lipinski definition) is 2. The van der Waals surface area contributed by atoms with Gasteiger partial charge < -0.3 is 10.4 Å². The highest BCUT2D eigenvalue weighted by molar-refractivity contribution is 6.31. The van der Waals surface area contributed by atoms with Gasteiger partial charge in [-0.15, -0.1) is 0 Å². The number of aromatic nitrogens is 5. The van der Waals surface area contributed by atoms with Gasteiger partial charge in [-0.2, -0.15) is 5.10 Å². The molecule has 0 radical (unpaired) electrons. The van der Waals surface area contributed by atoms with E-state index in [9.17, 15) is 9.50 Å². The lowest BCUT2D eigenvalue weighted by Crippen LogP contribution is -2.09. The monoisotopic (exact) mass is 458 g/mol. The van der Waals surface area contributed by atoms with Gasteiger partial charge in [0.1, 0.15) is 11.6 Å². The smallest absolute Gasteiger partial charge is 0.228 e. The first-order valence-electron chi connectivity index (χ1n) is 9.26. The maximum Gasteiger partial charge on any atom is 0.228 e. The lowest BCUT2D eigenvalue weighted by Gasteiger charge is -2.17. The van der Waals surface area contributed by atoms with Crippen molar-refractivity contribution in [1.29, 1.82) is 0 Å². The number of nitrogens with one attached hydrogen (secondary N) is 1. The fourth-order valence-electron chi connectivity index (χ4n) is 3.11. The average molecular weight is 459 g/mol. The molecule has 0 fully saturated rings. The Bertz CT molecular complexity index is 1230. The highest BCUT2D eigenvalue weighted by atomic mass is 35.5. The van der Waals surface area contributed by atoms with E-state index in [2.05, 4.69) is 25.4 Å². The minimum Gasteiger partial charge on any atom is -0.395 e. The van der Waals surface area contributed by atoms with E-state index in [0.29, 0.717) is 33.5 Å². The van der Waals surface area contributed by atoms with E-state index in [1.807, 2.05) is 0 Å². The molecule has 31 heavy (non-hydrogen) atoms. The van der Waals surface area contributed by atoms with Crippen LogP contribution in [0, 0.1) is 5.82 Å². The number of anilines is 2. The third-order valence-electron chi connectivity index (χ3n) is 4.74. The fourth-order valence-corrected chi connectivity index (χ4v) is 3.53. The number of aliphatic hydroxyl groups excluding tert-OH is 1. The van der Waals surface area contributed by atoms with Crippen LogP contribution in [0.4, 0.5) is 16.2 Å². The van der Waals surface area contributed by atoms with Gasteiger partial charge >= 0.3 is 0 Å². The van der Waals surface area contributed by atoms with E-state index in [-0.39, 0.29) is 11.6 Å². The van der Waals surface area contributed by atoms with Crippen molar-refractivity contribution >= 4 is 35.0 Å². The van der Waals surface area contributed by atoms with Gasteiger partial charge in [-0.1, -0.05) is 29.3 Å². The summed E-state index contributed by atoms with van der Waals surface area (Å²) in [5.74, 6) is -0.0311. The number of benzene rings is 1. The van der Waals surface area contributed by atoms with E-state index in [1.54, 1.807) is 54.6 Å². The predicted octanol–water partition coefficient (Wildman–Crippen LogP) is 4.59. The Hall–Kier alpha value is -3.07. The normalized spacial score (nSPS) is 12.0. The number of hydrogen-bond acceptors (Lipinski definition) is 6. The van der Waals surface area contributed by atoms with Gasteiger partial charge in [0.25, 0.3) is 0 Å². The topological polar surface area (TPSA) is 88.8 Å². The number of pyridine rings is 1. The third kappa shape index (κ3) is 4.51. The van der Waals surface area contributed by atoms with Crippen molar-refractivity contribution in [3.05, 3.63) is 82.1 Å². The number of nitrogens with zero attached hydrogens (tertiary/aromatic N) is 5. The summed E-state index contributed by atoms with van der Waals surface area (Å²) in [4.78, 5) is 13.2. The SMILES string of the molecule is Cn1nccc1Nc1nccc(-c2cnc([C@H](CO)c3ccc(Cl)c(F)c3)c(Cl)c2)n1. The van der Waals surface area contributed by atoms with Gasteiger partial charge in [0.2, 0.25) is 5.95 Å². The minimum atomic E-state index is -0.596. The molecule has 0 saturated carbocycles. The zero-order valence-corrected chi connectivity index (χ0v) is 17.8. The Labute approximate surface area is 187 Å². The molecular formula is C21H17Cl2FN6O. The van der Waals surface area contributed by atoms with Crippen molar-refractivity contribution in [3.8, 4) is 11.3 Å². The van der Waals surface area contributed by atoms with Crippen LogP contribution in [0.3, 0.4) is 0 Å². The maximum absolute atomic E-state index is 13.9. The molecule has 0 aliphatic carbocycles. The zero-order valence-electron chi connectivity index (χ0n) is 16.3. The molecule has 158 valence electrons. The molecule has 1 aromatic carbocycles. The van der Waals surface area contributed by atoms with Crippen LogP contribution in [0.25, 0.3) is 11.3 Å². The molecular weight excluding hydrogens is 442 g/mol. The second-order valence-electron chi connectivity index (χ2n) is 6.73. The van der Waals surface area contributed by atoms with E-state index >= 15 is 0 Å². The van der Waals surface area contributed by atoms with Crippen molar-refractivity contribution < 1.29 is 9.50 Å². The summed E-state index contributed by atoms with van der Waals surface area (Å²) in [7, 11) is 1.80. The highest BCUT2D eigenvalue weighted by Crippen LogP contribution is 2.32. The summed E-state index contributed by atoms with van der Waals surface area (Å²) in [5, 5.41) is 17.4. The summed E-state index contributed by atoms with van der Waals surface area (Å²) in [6, 6.07) is 9.59. The highest BCUT2D eigenvalue weighted by Gasteiger charge is 2.20. The van der Waals surface area contributed by atoms with Crippen molar-refractivity contribution in [1.82, 2.24) is 24.7 Å². The number of aliphatic hydroxyl groups is 1. The summed E-state index contributed by atoms with van der Waals surface area (Å²) in [6.45, 7) is -0.292. The molecule has 3 heterocycles. The van der Waals surface area contributed by atoms with Crippen LogP contribution in [0.15, 0.2) is 55.0 Å². The van der Waals surface area contributed by atoms with Gasteiger partial charge in [-0.05, 0) is 29.8 Å². The first-order valence-corrected chi connectivity index (χ1v) is 10.0. The van der Waals surface area contributed by atoms with Crippen LogP contribution in [0.5, 0.6) is 0 Å². The second kappa shape index (κ2) is 8.97. The molecule has 4 aromatic rings. The van der Waals surface area contributed by atoms with Gasteiger partial charge in [-0.3, -0.25) is 9.67 Å². The molecule has 0 aliphatic heterocycles. The lowest BCUT2D eigenvalue weighted by molar-refractivity contribution is 0.278. The van der Waals surface area contributed by atoms with Gasteiger partial charge in [0.15, 0.2) is 0 Å². The molecule has 0 saturated heterocycles. The molecule has 0 amide bonds. The Morgan fingerprint density at radius 2 is 1.94 bits per heavy atom. The molecule has 0 unspecified atom stereocenters. The van der Waals surface area contributed by atoms with Crippen molar-refractivity contribution in [2.24, 2.45) is 7.05 Å². The first kappa shape index (κ1) is 21.2. The third-order valence-corrected chi connectivity index (χ3v) is 5.35. The quantitative estimate of drug-likeness (QED) is 0.439. The Morgan fingerprint density at radius 1 is 1.10 bits per heavy atom. The Morgan fingerprint density at radius 3 is 2.61 bits per heavy atom. The molecule has 7 nitrogen and oxygen atoms in total. The number of rotatable bonds is 6. The lowest BCUT2D eigenvalue weighted by atomic mass is 9.95. The predicted molar refractivity (Wildman–Crippen MR) is 117 cm³/mol. The molecule has 2 N–H and O–H groups in total. The molecule has 0 aliphatic rings. The number of aryl methyl sites for hydroxylation is 1. The molecule has 0 bridgehead atoms. The summed E-state index contributed by atoms with van der Waals surface area (Å²) in [6.07, 6.45) is 4.89. The van der Waals surface area contributed by atoms with Gasteiger partial charge in [0, 0.05) is 31.1 Å². The number of halogens is 3. The van der Waals surface area contributed by atoms with Crippen LogP contribution >= 0.6 is 23.2 Å². The zero-order chi connectivity index (χ0) is 22.0.